The average Bonchev–Trinajstić information content (AvgIpc) is 2.83. The summed E-state index contributed by atoms with van der Waals surface area (Å²) in [5.74, 6) is -0.146. The van der Waals surface area contributed by atoms with Crippen molar-refractivity contribution in [3.8, 4) is 0 Å². The molecule has 2 heterocycles. The fourth-order valence-electron chi connectivity index (χ4n) is 3.93. The molecule has 1 unspecified atom stereocenters. The minimum atomic E-state index is -0.146. The van der Waals surface area contributed by atoms with Gasteiger partial charge in [0.15, 0.2) is 0 Å². The molecule has 3 nitrogen and oxygen atoms in total. The van der Waals surface area contributed by atoms with Crippen molar-refractivity contribution in [1.29, 1.82) is 0 Å². The van der Waals surface area contributed by atoms with Crippen LogP contribution in [-0.4, -0.2) is 67.1 Å². The van der Waals surface area contributed by atoms with Crippen LogP contribution >= 0.6 is 0 Å². The Balaban J connectivity index is 1.42. The highest BCUT2D eigenvalue weighted by Crippen LogP contribution is 2.18. The Kier molecular flexibility index (Phi) is 6.03. The Bertz CT molecular complexity index is 476. The molecule has 2 fully saturated rings. The van der Waals surface area contributed by atoms with Gasteiger partial charge in [0.1, 0.15) is 5.82 Å². The lowest BCUT2D eigenvalue weighted by atomic mass is 10.1. The molecular weight excluding hydrogens is 289 g/mol. The molecule has 23 heavy (non-hydrogen) atoms. The molecule has 0 N–H and O–H groups in total. The molecule has 0 aliphatic carbocycles. The summed E-state index contributed by atoms with van der Waals surface area (Å²) >= 11 is 0. The lowest BCUT2D eigenvalue weighted by Crippen LogP contribution is -2.34. The first kappa shape index (κ1) is 16.9. The van der Waals surface area contributed by atoms with Gasteiger partial charge in [-0.15, -0.1) is 0 Å². The number of benzene rings is 1. The predicted octanol–water partition coefficient (Wildman–Crippen LogP) is 2.82. The zero-order valence-corrected chi connectivity index (χ0v) is 14.4. The molecule has 0 spiro atoms. The molecule has 3 rings (SSSR count). The highest BCUT2D eigenvalue weighted by molar-refractivity contribution is 5.15. The quantitative estimate of drug-likeness (QED) is 0.826. The molecule has 0 radical (unpaired) electrons. The maximum absolute atomic E-state index is 13.0. The summed E-state index contributed by atoms with van der Waals surface area (Å²) in [6.07, 6.45) is 5.30. The molecule has 0 amide bonds. The van der Waals surface area contributed by atoms with E-state index in [2.05, 4.69) is 21.7 Å². The summed E-state index contributed by atoms with van der Waals surface area (Å²) in [6.45, 7) is 8.11. The van der Waals surface area contributed by atoms with Crippen molar-refractivity contribution in [2.75, 3.05) is 46.3 Å². The summed E-state index contributed by atoms with van der Waals surface area (Å²) < 4.78 is 13.0. The second kappa shape index (κ2) is 8.22. The van der Waals surface area contributed by atoms with E-state index >= 15 is 0 Å². The number of hydrogen-bond donors (Lipinski definition) is 0. The molecular formula is C19H30FN3. The van der Waals surface area contributed by atoms with Crippen LogP contribution < -0.4 is 0 Å². The van der Waals surface area contributed by atoms with E-state index in [1.165, 1.54) is 50.9 Å². The minimum Gasteiger partial charge on any atom is -0.303 e. The molecule has 128 valence electrons. The van der Waals surface area contributed by atoms with Crippen LogP contribution in [0.1, 0.15) is 31.2 Å². The Labute approximate surface area is 140 Å². The van der Waals surface area contributed by atoms with Crippen LogP contribution in [0.3, 0.4) is 0 Å². The zero-order valence-electron chi connectivity index (χ0n) is 14.4. The smallest absolute Gasteiger partial charge is 0.123 e. The van der Waals surface area contributed by atoms with Crippen molar-refractivity contribution in [2.45, 2.75) is 38.3 Å². The number of rotatable bonds is 5. The Morgan fingerprint density at radius 1 is 0.957 bits per heavy atom. The lowest BCUT2D eigenvalue weighted by molar-refractivity contribution is 0.220. The number of hydrogen-bond acceptors (Lipinski definition) is 3. The average molecular weight is 319 g/mol. The fourth-order valence-corrected chi connectivity index (χ4v) is 3.93. The molecule has 0 aromatic heterocycles. The normalized spacial score (nSPS) is 24.9. The van der Waals surface area contributed by atoms with Crippen molar-refractivity contribution in [1.82, 2.24) is 14.7 Å². The van der Waals surface area contributed by atoms with Crippen molar-refractivity contribution in [2.24, 2.45) is 0 Å². The highest BCUT2D eigenvalue weighted by atomic mass is 19.1. The van der Waals surface area contributed by atoms with Crippen LogP contribution in [0.5, 0.6) is 0 Å². The minimum absolute atomic E-state index is 0.146. The van der Waals surface area contributed by atoms with E-state index in [-0.39, 0.29) is 5.82 Å². The first-order chi connectivity index (χ1) is 11.2. The van der Waals surface area contributed by atoms with Crippen molar-refractivity contribution in [3.05, 3.63) is 35.6 Å². The summed E-state index contributed by atoms with van der Waals surface area (Å²) in [5.41, 5.74) is 1.22. The molecule has 2 aliphatic heterocycles. The number of nitrogens with zero attached hydrogens (tertiary/aromatic N) is 3. The maximum Gasteiger partial charge on any atom is 0.123 e. The van der Waals surface area contributed by atoms with Gasteiger partial charge in [-0.05, 0) is 76.6 Å². The van der Waals surface area contributed by atoms with E-state index in [0.29, 0.717) is 0 Å². The van der Waals surface area contributed by atoms with Gasteiger partial charge in [-0.1, -0.05) is 12.1 Å². The van der Waals surface area contributed by atoms with Gasteiger partial charge >= 0.3 is 0 Å². The van der Waals surface area contributed by atoms with Crippen LogP contribution in [0, 0.1) is 5.82 Å². The number of halogens is 1. The third-order valence-electron chi connectivity index (χ3n) is 5.45. The standard InChI is InChI=1S/C19H30FN3/c1-21-10-2-4-19(21)9-13-22-11-3-12-23(15-14-22)16-17-5-7-18(20)8-6-17/h5-8,19H,2-4,9-16H2,1H3. The summed E-state index contributed by atoms with van der Waals surface area (Å²) in [4.78, 5) is 7.67. The molecule has 0 saturated carbocycles. The first-order valence-electron chi connectivity index (χ1n) is 9.10. The third kappa shape index (κ3) is 5.00. The monoisotopic (exact) mass is 319 g/mol. The maximum atomic E-state index is 13.0. The molecule has 0 bridgehead atoms. The van der Waals surface area contributed by atoms with Gasteiger partial charge in [-0.2, -0.15) is 0 Å². The van der Waals surface area contributed by atoms with Gasteiger partial charge < -0.3 is 9.80 Å². The van der Waals surface area contributed by atoms with Crippen LogP contribution in [0.25, 0.3) is 0 Å². The van der Waals surface area contributed by atoms with Crippen molar-refractivity contribution in [3.63, 3.8) is 0 Å². The molecule has 1 aromatic rings. The van der Waals surface area contributed by atoms with E-state index in [4.69, 9.17) is 0 Å². The van der Waals surface area contributed by atoms with Gasteiger partial charge in [-0.25, -0.2) is 4.39 Å². The third-order valence-corrected chi connectivity index (χ3v) is 5.45. The molecule has 2 saturated heterocycles. The van der Waals surface area contributed by atoms with Crippen molar-refractivity contribution < 1.29 is 4.39 Å². The largest absolute Gasteiger partial charge is 0.303 e. The van der Waals surface area contributed by atoms with Gasteiger partial charge in [0, 0.05) is 25.7 Å². The first-order valence-corrected chi connectivity index (χ1v) is 9.10. The highest BCUT2D eigenvalue weighted by Gasteiger charge is 2.22. The predicted molar refractivity (Wildman–Crippen MR) is 93.0 cm³/mol. The van der Waals surface area contributed by atoms with Gasteiger partial charge in [0.05, 0.1) is 0 Å². The van der Waals surface area contributed by atoms with Gasteiger partial charge in [0.2, 0.25) is 0 Å². The second-order valence-corrected chi connectivity index (χ2v) is 7.16. The second-order valence-electron chi connectivity index (χ2n) is 7.16. The van der Waals surface area contributed by atoms with Crippen molar-refractivity contribution >= 4 is 0 Å². The van der Waals surface area contributed by atoms with E-state index in [0.717, 1.165) is 32.2 Å². The number of likely N-dealkylation sites (tertiary alicyclic amines) is 1. The molecule has 2 aliphatic rings. The van der Waals surface area contributed by atoms with Crippen LogP contribution in [0.4, 0.5) is 4.39 Å². The fraction of sp³-hybridized carbons (Fsp3) is 0.684. The lowest BCUT2D eigenvalue weighted by Gasteiger charge is -2.25. The van der Waals surface area contributed by atoms with E-state index in [1.54, 1.807) is 12.1 Å². The molecule has 4 heteroatoms. The van der Waals surface area contributed by atoms with E-state index in [9.17, 15) is 4.39 Å². The summed E-state index contributed by atoms with van der Waals surface area (Å²) in [5, 5.41) is 0. The summed E-state index contributed by atoms with van der Waals surface area (Å²) in [7, 11) is 2.27. The molecule has 1 atom stereocenters. The van der Waals surface area contributed by atoms with Crippen LogP contribution in [-0.2, 0) is 6.54 Å². The Hall–Kier alpha value is -0.970. The van der Waals surface area contributed by atoms with E-state index in [1.807, 2.05) is 12.1 Å². The Morgan fingerprint density at radius 2 is 1.70 bits per heavy atom. The summed E-state index contributed by atoms with van der Waals surface area (Å²) in [6, 6.07) is 7.75. The Morgan fingerprint density at radius 3 is 2.43 bits per heavy atom. The van der Waals surface area contributed by atoms with Crippen LogP contribution in [0.15, 0.2) is 24.3 Å². The van der Waals surface area contributed by atoms with Gasteiger partial charge in [-0.3, -0.25) is 4.90 Å². The zero-order chi connectivity index (χ0) is 16.1. The molecule has 1 aromatic carbocycles. The van der Waals surface area contributed by atoms with Gasteiger partial charge in [0.25, 0.3) is 0 Å². The topological polar surface area (TPSA) is 9.72 Å². The SMILES string of the molecule is CN1CCCC1CCN1CCCN(Cc2ccc(F)cc2)CC1. The van der Waals surface area contributed by atoms with E-state index < -0.39 is 0 Å². The van der Waals surface area contributed by atoms with Crippen LogP contribution in [0.2, 0.25) is 0 Å².